The Hall–Kier alpha value is -1.51. The summed E-state index contributed by atoms with van der Waals surface area (Å²) in [6.45, 7) is 2.42. The molecule has 0 bridgehead atoms. The van der Waals surface area contributed by atoms with Crippen LogP contribution in [0.3, 0.4) is 0 Å². The lowest BCUT2D eigenvalue weighted by atomic mass is 10.0. The molecule has 1 heterocycles. The summed E-state index contributed by atoms with van der Waals surface area (Å²) in [4.78, 5) is 12.0. The van der Waals surface area contributed by atoms with Gasteiger partial charge in [0.25, 0.3) is 0 Å². The van der Waals surface area contributed by atoms with Crippen LogP contribution in [-0.2, 0) is 19.7 Å². The molecule has 8 heteroatoms. The lowest BCUT2D eigenvalue weighted by Gasteiger charge is -2.26. The number of ether oxygens (including phenoxy) is 1. The van der Waals surface area contributed by atoms with E-state index in [1.54, 1.807) is 6.07 Å². The van der Waals surface area contributed by atoms with Crippen LogP contribution < -0.4 is 4.72 Å². The molecule has 1 atom stereocenters. The molecule has 0 unspecified atom stereocenters. The van der Waals surface area contributed by atoms with Gasteiger partial charge in [0.05, 0.1) is 19.1 Å². The number of nitrogens with one attached hydrogen (secondary N) is 1. The van der Waals surface area contributed by atoms with Crippen molar-refractivity contribution in [2.75, 3.05) is 26.3 Å². The molecule has 0 spiro atoms. The van der Waals surface area contributed by atoms with E-state index in [1.807, 2.05) is 4.72 Å². The smallest absolute Gasteiger partial charge is 0.303 e. The largest absolute Gasteiger partial charge is 0.379 e. The Morgan fingerprint density at radius 3 is 2.57 bits per heavy atom. The van der Waals surface area contributed by atoms with Gasteiger partial charge in [-0.05, 0) is 18.6 Å². The fourth-order valence-electron chi connectivity index (χ4n) is 2.03. The Labute approximate surface area is 123 Å². The van der Waals surface area contributed by atoms with Gasteiger partial charge >= 0.3 is 10.2 Å². The molecular formula is C13H17FN2O4S. The van der Waals surface area contributed by atoms with Crippen LogP contribution in [-0.4, -0.2) is 44.9 Å². The first-order valence-electron chi connectivity index (χ1n) is 6.55. The zero-order chi connectivity index (χ0) is 15.5. The first-order valence-corrected chi connectivity index (χ1v) is 8.00. The monoisotopic (exact) mass is 316 g/mol. The summed E-state index contributed by atoms with van der Waals surface area (Å²) in [5, 5.41) is 0. The van der Waals surface area contributed by atoms with Gasteiger partial charge in [-0.1, -0.05) is 18.2 Å². The van der Waals surface area contributed by atoms with Crippen molar-refractivity contribution in [1.82, 2.24) is 9.03 Å². The van der Waals surface area contributed by atoms with Gasteiger partial charge in [-0.25, -0.2) is 9.11 Å². The highest BCUT2D eigenvalue weighted by Crippen LogP contribution is 2.19. The van der Waals surface area contributed by atoms with E-state index in [-0.39, 0.29) is 31.9 Å². The summed E-state index contributed by atoms with van der Waals surface area (Å²) in [6.07, 6.45) is 0. The second kappa shape index (κ2) is 6.50. The zero-order valence-electron chi connectivity index (χ0n) is 11.6. The maximum absolute atomic E-state index is 13.6. The molecule has 0 aliphatic carbocycles. The van der Waals surface area contributed by atoms with Gasteiger partial charge in [0.1, 0.15) is 5.82 Å². The van der Waals surface area contributed by atoms with Gasteiger partial charge in [-0.15, -0.1) is 0 Å². The van der Waals surface area contributed by atoms with Crippen LogP contribution in [0.5, 0.6) is 0 Å². The van der Waals surface area contributed by atoms with Gasteiger partial charge in [-0.2, -0.15) is 12.7 Å². The number of halogens is 1. The van der Waals surface area contributed by atoms with Crippen molar-refractivity contribution in [1.29, 1.82) is 0 Å². The SMILES string of the molecule is C[C@H](C(=O)NS(=O)(=O)N1CCOCC1)c1ccccc1F. The summed E-state index contributed by atoms with van der Waals surface area (Å²) in [6, 6.07) is 5.79. The molecule has 0 radical (unpaired) electrons. The molecule has 1 N–H and O–H groups in total. The van der Waals surface area contributed by atoms with E-state index in [1.165, 1.54) is 25.1 Å². The third-order valence-corrected chi connectivity index (χ3v) is 4.81. The molecular weight excluding hydrogens is 299 g/mol. The molecule has 1 aromatic rings. The Morgan fingerprint density at radius 2 is 1.95 bits per heavy atom. The minimum atomic E-state index is -3.92. The molecule has 1 aliphatic heterocycles. The van der Waals surface area contributed by atoms with Crippen LogP contribution in [0, 0.1) is 5.82 Å². The molecule has 1 fully saturated rings. The number of benzene rings is 1. The molecule has 1 amide bonds. The summed E-state index contributed by atoms with van der Waals surface area (Å²) >= 11 is 0. The summed E-state index contributed by atoms with van der Waals surface area (Å²) in [7, 11) is -3.92. The number of carbonyl (C=O) groups excluding carboxylic acids is 1. The van der Waals surface area contributed by atoms with Crippen molar-refractivity contribution in [3.8, 4) is 0 Å². The van der Waals surface area contributed by atoms with Crippen molar-refractivity contribution in [3.63, 3.8) is 0 Å². The van der Waals surface area contributed by atoms with E-state index in [0.717, 1.165) is 4.31 Å². The maximum atomic E-state index is 13.6. The standard InChI is InChI=1S/C13H17FN2O4S/c1-10(11-4-2-3-5-12(11)14)13(17)15-21(18,19)16-6-8-20-9-7-16/h2-5,10H,6-9H2,1H3,(H,15,17)/t10-/m0/s1. The summed E-state index contributed by atoms with van der Waals surface area (Å²) in [5.74, 6) is -2.20. The predicted molar refractivity (Wildman–Crippen MR) is 74.3 cm³/mol. The number of nitrogens with zero attached hydrogens (tertiary/aromatic N) is 1. The minimum Gasteiger partial charge on any atom is -0.379 e. The zero-order valence-corrected chi connectivity index (χ0v) is 12.4. The number of morpholine rings is 1. The van der Waals surface area contributed by atoms with Crippen LogP contribution in [0.1, 0.15) is 18.4 Å². The van der Waals surface area contributed by atoms with Gasteiger partial charge in [0.2, 0.25) is 5.91 Å². The van der Waals surface area contributed by atoms with Gasteiger partial charge < -0.3 is 4.74 Å². The first kappa shape index (κ1) is 15.9. The highest BCUT2D eigenvalue weighted by molar-refractivity contribution is 7.87. The summed E-state index contributed by atoms with van der Waals surface area (Å²) < 4.78 is 45.9. The number of hydrogen-bond acceptors (Lipinski definition) is 4. The van der Waals surface area contributed by atoms with E-state index >= 15 is 0 Å². The third kappa shape index (κ3) is 3.78. The Morgan fingerprint density at radius 1 is 1.33 bits per heavy atom. The van der Waals surface area contributed by atoms with Crippen molar-refractivity contribution in [3.05, 3.63) is 35.6 Å². The lowest BCUT2D eigenvalue weighted by Crippen LogP contribution is -2.49. The third-order valence-electron chi connectivity index (χ3n) is 3.30. The lowest BCUT2D eigenvalue weighted by molar-refractivity contribution is -0.120. The molecule has 6 nitrogen and oxygen atoms in total. The molecule has 21 heavy (non-hydrogen) atoms. The number of rotatable bonds is 4. The van der Waals surface area contributed by atoms with Crippen molar-refractivity contribution in [2.24, 2.45) is 0 Å². The average Bonchev–Trinajstić information content (AvgIpc) is 2.47. The van der Waals surface area contributed by atoms with Crippen LogP contribution >= 0.6 is 0 Å². The Balaban J connectivity index is 2.08. The molecule has 0 aromatic heterocycles. The topological polar surface area (TPSA) is 75.7 Å². The fourth-order valence-corrected chi connectivity index (χ4v) is 3.22. The van der Waals surface area contributed by atoms with E-state index in [0.29, 0.717) is 0 Å². The molecule has 0 saturated carbocycles. The fraction of sp³-hybridized carbons (Fsp3) is 0.462. The van der Waals surface area contributed by atoms with E-state index in [2.05, 4.69) is 0 Å². The second-order valence-electron chi connectivity index (χ2n) is 4.73. The number of carbonyl (C=O) groups is 1. The Kier molecular flexibility index (Phi) is 4.92. The normalized spacial score (nSPS) is 18.2. The molecule has 116 valence electrons. The highest BCUT2D eigenvalue weighted by Gasteiger charge is 2.29. The van der Waals surface area contributed by atoms with Crippen LogP contribution in [0.2, 0.25) is 0 Å². The molecule has 1 aromatic carbocycles. The second-order valence-corrected chi connectivity index (χ2v) is 6.40. The summed E-state index contributed by atoms with van der Waals surface area (Å²) in [5.41, 5.74) is 0.159. The van der Waals surface area contributed by atoms with Crippen LogP contribution in [0.4, 0.5) is 4.39 Å². The van der Waals surface area contributed by atoms with E-state index in [9.17, 15) is 17.6 Å². The quantitative estimate of drug-likeness (QED) is 0.884. The average molecular weight is 316 g/mol. The van der Waals surface area contributed by atoms with Crippen molar-refractivity contribution >= 4 is 16.1 Å². The molecule has 1 aliphatic rings. The van der Waals surface area contributed by atoms with E-state index < -0.39 is 27.9 Å². The predicted octanol–water partition coefficient (Wildman–Crippen LogP) is 0.622. The first-order chi connectivity index (χ1) is 9.92. The van der Waals surface area contributed by atoms with Gasteiger partial charge in [0, 0.05) is 13.1 Å². The van der Waals surface area contributed by atoms with Crippen LogP contribution in [0.15, 0.2) is 24.3 Å². The van der Waals surface area contributed by atoms with Crippen LogP contribution in [0.25, 0.3) is 0 Å². The maximum Gasteiger partial charge on any atom is 0.303 e. The van der Waals surface area contributed by atoms with Gasteiger partial charge in [0.15, 0.2) is 0 Å². The molecule has 2 rings (SSSR count). The van der Waals surface area contributed by atoms with Crippen molar-refractivity contribution in [2.45, 2.75) is 12.8 Å². The van der Waals surface area contributed by atoms with Crippen molar-refractivity contribution < 1.29 is 22.3 Å². The number of hydrogen-bond donors (Lipinski definition) is 1. The molecule has 1 saturated heterocycles. The van der Waals surface area contributed by atoms with E-state index in [4.69, 9.17) is 4.74 Å². The Bertz CT molecular complexity index is 614. The number of amides is 1. The van der Waals surface area contributed by atoms with Gasteiger partial charge in [-0.3, -0.25) is 4.79 Å². The highest BCUT2D eigenvalue weighted by atomic mass is 32.2. The minimum absolute atomic E-state index is 0.159.